The van der Waals surface area contributed by atoms with E-state index >= 15 is 0 Å². The Morgan fingerprint density at radius 2 is 1.93 bits per heavy atom. The van der Waals surface area contributed by atoms with Crippen LogP contribution in [0.3, 0.4) is 0 Å². The topological polar surface area (TPSA) is 54.9 Å². The van der Waals surface area contributed by atoms with Crippen molar-refractivity contribution in [3.05, 3.63) is 59.4 Å². The van der Waals surface area contributed by atoms with Gasteiger partial charge in [0.05, 0.1) is 14.2 Å². The molecule has 0 amide bonds. The number of ether oxygens (including phenoxy) is 2. The molecule has 0 aromatic heterocycles. The summed E-state index contributed by atoms with van der Waals surface area (Å²) >= 11 is 0. The standard InChI is InChI=1S/C22H28FN3O2/c1-4-24-22(26-19-14-17(19)16-7-5-6-8-18(16)23)25-12-11-15-9-10-20(27-2)21(13-15)28-3/h5-10,13,17,19H,4,11-12,14H2,1-3H3,(H2,24,25,26). The normalized spacial score (nSPS) is 18.5. The van der Waals surface area contributed by atoms with Crippen molar-refractivity contribution in [1.29, 1.82) is 0 Å². The molecule has 2 aromatic carbocycles. The largest absolute Gasteiger partial charge is 0.493 e. The maximum absolute atomic E-state index is 14.0. The van der Waals surface area contributed by atoms with Crippen LogP contribution in [0.15, 0.2) is 47.5 Å². The summed E-state index contributed by atoms with van der Waals surface area (Å²) in [7, 11) is 3.26. The van der Waals surface area contributed by atoms with Gasteiger partial charge in [-0.25, -0.2) is 4.39 Å². The molecule has 2 atom stereocenters. The zero-order valence-electron chi connectivity index (χ0n) is 16.7. The smallest absolute Gasteiger partial charge is 0.191 e. The first-order valence-electron chi connectivity index (χ1n) is 9.66. The first-order chi connectivity index (χ1) is 13.7. The summed E-state index contributed by atoms with van der Waals surface area (Å²) < 4.78 is 24.6. The predicted molar refractivity (Wildman–Crippen MR) is 110 cm³/mol. The highest BCUT2D eigenvalue weighted by atomic mass is 19.1. The molecular weight excluding hydrogens is 357 g/mol. The third-order valence-electron chi connectivity index (χ3n) is 4.88. The number of rotatable bonds is 8. The average molecular weight is 385 g/mol. The number of methoxy groups -OCH3 is 2. The number of hydrogen-bond acceptors (Lipinski definition) is 3. The molecule has 5 nitrogen and oxygen atoms in total. The summed E-state index contributed by atoms with van der Waals surface area (Å²) in [4.78, 5) is 4.67. The SMILES string of the molecule is CCNC(=NCCc1ccc(OC)c(OC)c1)NC1CC1c1ccccc1F. The molecule has 1 fully saturated rings. The molecular formula is C22H28FN3O2. The Morgan fingerprint density at radius 1 is 1.14 bits per heavy atom. The minimum absolute atomic E-state index is 0.132. The van der Waals surface area contributed by atoms with E-state index in [0.29, 0.717) is 6.54 Å². The molecule has 0 bridgehead atoms. The average Bonchev–Trinajstić information content (AvgIpc) is 3.47. The highest BCUT2D eigenvalue weighted by Crippen LogP contribution is 2.41. The molecule has 6 heteroatoms. The van der Waals surface area contributed by atoms with Gasteiger partial charge in [0.1, 0.15) is 5.82 Å². The molecule has 0 aliphatic heterocycles. The fraction of sp³-hybridized carbons (Fsp3) is 0.409. The van der Waals surface area contributed by atoms with Crippen LogP contribution < -0.4 is 20.1 Å². The minimum atomic E-state index is -0.132. The highest BCUT2D eigenvalue weighted by molar-refractivity contribution is 5.80. The Labute approximate surface area is 166 Å². The van der Waals surface area contributed by atoms with E-state index in [9.17, 15) is 4.39 Å². The maximum atomic E-state index is 14.0. The van der Waals surface area contributed by atoms with E-state index in [-0.39, 0.29) is 17.8 Å². The summed E-state index contributed by atoms with van der Waals surface area (Å²) in [5.74, 6) is 2.28. The molecule has 0 spiro atoms. The summed E-state index contributed by atoms with van der Waals surface area (Å²) in [6.07, 6.45) is 1.71. The van der Waals surface area contributed by atoms with Gasteiger partial charge in [0.2, 0.25) is 0 Å². The Morgan fingerprint density at radius 3 is 2.64 bits per heavy atom. The van der Waals surface area contributed by atoms with Crippen LogP contribution in [-0.2, 0) is 6.42 Å². The number of hydrogen-bond donors (Lipinski definition) is 2. The quantitative estimate of drug-likeness (QED) is 0.539. The van der Waals surface area contributed by atoms with Crippen molar-refractivity contribution in [1.82, 2.24) is 10.6 Å². The van der Waals surface area contributed by atoms with E-state index in [1.54, 1.807) is 20.3 Å². The molecule has 1 aliphatic rings. The van der Waals surface area contributed by atoms with Crippen molar-refractivity contribution in [2.45, 2.75) is 31.7 Å². The van der Waals surface area contributed by atoms with Crippen LogP contribution >= 0.6 is 0 Å². The molecule has 0 radical (unpaired) electrons. The van der Waals surface area contributed by atoms with Crippen molar-refractivity contribution in [2.24, 2.45) is 4.99 Å². The van der Waals surface area contributed by atoms with E-state index in [1.165, 1.54) is 6.07 Å². The minimum Gasteiger partial charge on any atom is -0.493 e. The van der Waals surface area contributed by atoms with Gasteiger partial charge in [-0.3, -0.25) is 4.99 Å². The molecule has 3 rings (SSSR count). The predicted octanol–water partition coefficient (Wildman–Crippen LogP) is 3.50. The van der Waals surface area contributed by atoms with Crippen molar-refractivity contribution in [3.63, 3.8) is 0 Å². The second-order valence-corrected chi connectivity index (χ2v) is 6.81. The van der Waals surface area contributed by atoms with Gasteiger partial charge in [-0.05, 0) is 49.1 Å². The fourth-order valence-corrected chi connectivity index (χ4v) is 3.30. The van der Waals surface area contributed by atoms with Crippen LogP contribution in [0.25, 0.3) is 0 Å². The van der Waals surface area contributed by atoms with Gasteiger partial charge in [0.15, 0.2) is 17.5 Å². The molecule has 2 unspecified atom stereocenters. The van der Waals surface area contributed by atoms with Crippen LogP contribution in [0.5, 0.6) is 11.5 Å². The summed E-state index contributed by atoms with van der Waals surface area (Å²) in [6, 6.07) is 13.1. The molecule has 2 aromatic rings. The van der Waals surface area contributed by atoms with Gasteiger partial charge in [-0.1, -0.05) is 24.3 Å². The lowest BCUT2D eigenvalue weighted by molar-refractivity contribution is 0.354. The van der Waals surface area contributed by atoms with Gasteiger partial charge in [-0.15, -0.1) is 0 Å². The van der Waals surface area contributed by atoms with Crippen LogP contribution in [0, 0.1) is 5.82 Å². The van der Waals surface area contributed by atoms with Gasteiger partial charge in [0.25, 0.3) is 0 Å². The molecule has 0 saturated heterocycles. The fourth-order valence-electron chi connectivity index (χ4n) is 3.30. The number of aliphatic imine (C=N–C) groups is 1. The molecule has 150 valence electrons. The molecule has 28 heavy (non-hydrogen) atoms. The first kappa shape index (κ1) is 20.0. The van der Waals surface area contributed by atoms with E-state index < -0.39 is 0 Å². The molecule has 2 N–H and O–H groups in total. The monoisotopic (exact) mass is 385 g/mol. The van der Waals surface area contributed by atoms with Crippen molar-refractivity contribution < 1.29 is 13.9 Å². The van der Waals surface area contributed by atoms with E-state index in [4.69, 9.17) is 9.47 Å². The lowest BCUT2D eigenvalue weighted by atomic mass is 10.1. The van der Waals surface area contributed by atoms with Gasteiger partial charge >= 0.3 is 0 Å². The van der Waals surface area contributed by atoms with E-state index in [0.717, 1.165) is 48.0 Å². The Balaban J connectivity index is 1.57. The zero-order chi connectivity index (χ0) is 19.9. The first-order valence-corrected chi connectivity index (χ1v) is 9.66. The molecule has 1 saturated carbocycles. The van der Waals surface area contributed by atoms with Gasteiger partial charge < -0.3 is 20.1 Å². The van der Waals surface area contributed by atoms with Gasteiger partial charge in [-0.2, -0.15) is 0 Å². The number of benzene rings is 2. The number of nitrogens with one attached hydrogen (secondary N) is 2. The van der Waals surface area contributed by atoms with Crippen LogP contribution in [0.1, 0.15) is 30.4 Å². The van der Waals surface area contributed by atoms with Crippen molar-refractivity contribution in [3.8, 4) is 11.5 Å². The Hall–Kier alpha value is -2.76. The van der Waals surface area contributed by atoms with E-state index in [1.807, 2.05) is 37.3 Å². The Bertz CT molecular complexity index is 825. The van der Waals surface area contributed by atoms with Crippen molar-refractivity contribution in [2.75, 3.05) is 27.3 Å². The van der Waals surface area contributed by atoms with Crippen LogP contribution in [0.2, 0.25) is 0 Å². The van der Waals surface area contributed by atoms with E-state index in [2.05, 4.69) is 15.6 Å². The highest BCUT2D eigenvalue weighted by Gasteiger charge is 2.40. The summed E-state index contributed by atoms with van der Waals surface area (Å²) in [5.41, 5.74) is 1.91. The van der Waals surface area contributed by atoms with Crippen LogP contribution in [-0.4, -0.2) is 39.3 Å². The van der Waals surface area contributed by atoms with Gasteiger partial charge in [0, 0.05) is 25.0 Å². The molecule has 0 heterocycles. The molecule has 1 aliphatic carbocycles. The Kier molecular flexibility index (Phi) is 6.74. The third kappa shape index (κ3) is 4.94. The lowest BCUT2D eigenvalue weighted by Crippen LogP contribution is -2.39. The summed E-state index contributed by atoms with van der Waals surface area (Å²) in [6.45, 7) is 3.45. The maximum Gasteiger partial charge on any atom is 0.191 e. The number of guanidine groups is 1. The number of nitrogens with zero attached hydrogens (tertiary/aromatic N) is 1. The summed E-state index contributed by atoms with van der Waals surface area (Å²) in [5, 5.41) is 6.69. The second kappa shape index (κ2) is 9.44. The lowest BCUT2D eigenvalue weighted by Gasteiger charge is -2.12. The third-order valence-corrected chi connectivity index (χ3v) is 4.88. The second-order valence-electron chi connectivity index (χ2n) is 6.81. The zero-order valence-corrected chi connectivity index (χ0v) is 16.7. The van der Waals surface area contributed by atoms with Crippen molar-refractivity contribution >= 4 is 5.96 Å². The van der Waals surface area contributed by atoms with Crippen LogP contribution in [0.4, 0.5) is 4.39 Å². The number of halogens is 1.